The molecule has 29 heavy (non-hydrogen) atoms. The quantitative estimate of drug-likeness (QED) is 0.812. The Labute approximate surface area is 174 Å². The maximum Gasteiger partial charge on any atom is 0.243 e. The Bertz CT molecular complexity index is 966. The average Bonchev–Trinajstić information content (AvgIpc) is 2.71. The first kappa shape index (κ1) is 21.5. The number of amides is 1. The lowest BCUT2D eigenvalue weighted by Gasteiger charge is -2.31. The summed E-state index contributed by atoms with van der Waals surface area (Å²) in [5.41, 5.74) is 4.66. The number of sulfonamides is 1. The molecule has 0 saturated carbocycles. The third-order valence-electron chi connectivity index (χ3n) is 6.03. The second kappa shape index (κ2) is 8.67. The summed E-state index contributed by atoms with van der Waals surface area (Å²) in [6, 6.07) is 11.8. The van der Waals surface area contributed by atoms with Gasteiger partial charge in [0.2, 0.25) is 15.9 Å². The van der Waals surface area contributed by atoms with Crippen molar-refractivity contribution >= 4 is 15.9 Å². The van der Waals surface area contributed by atoms with E-state index in [1.165, 1.54) is 0 Å². The summed E-state index contributed by atoms with van der Waals surface area (Å²) < 4.78 is 28.2. The molecule has 2 aromatic rings. The second-order valence-electron chi connectivity index (χ2n) is 7.97. The normalized spacial score (nSPS) is 16.0. The Balaban J connectivity index is 1.67. The zero-order chi connectivity index (χ0) is 21.2. The van der Waals surface area contributed by atoms with Gasteiger partial charge in [-0.1, -0.05) is 36.4 Å². The van der Waals surface area contributed by atoms with Gasteiger partial charge in [-0.15, -0.1) is 0 Å². The molecule has 1 N–H and O–H groups in total. The highest BCUT2D eigenvalue weighted by Crippen LogP contribution is 2.31. The Kier molecular flexibility index (Phi) is 6.44. The van der Waals surface area contributed by atoms with Gasteiger partial charge >= 0.3 is 0 Å². The van der Waals surface area contributed by atoms with E-state index >= 15 is 0 Å². The molecule has 2 aromatic carbocycles. The number of rotatable bonds is 5. The molecule has 156 valence electrons. The minimum absolute atomic E-state index is 0.00432. The molecule has 0 radical (unpaired) electrons. The van der Waals surface area contributed by atoms with Crippen LogP contribution < -0.4 is 5.32 Å². The Hall–Kier alpha value is -2.18. The second-order valence-corrected chi connectivity index (χ2v) is 9.85. The van der Waals surface area contributed by atoms with Gasteiger partial charge in [0.15, 0.2) is 0 Å². The molecule has 3 rings (SSSR count). The van der Waals surface area contributed by atoms with Crippen LogP contribution in [0.1, 0.15) is 40.7 Å². The van der Waals surface area contributed by atoms with Gasteiger partial charge in [-0.3, -0.25) is 4.79 Å². The van der Waals surface area contributed by atoms with Gasteiger partial charge in [0.25, 0.3) is 0 Å². The van der Waals surface area contributed by atoms with Crippen molar-refractivity contribution in [3.05, 3.63) is 64.2 Å². The lowest BCUT2D eigenvalue weighted by atomic mass is 9.97. The van der Waals surface area contributed by atoms with Crippen molar-refractivity contribution in [1.29, 1.82) is 0 Å². The highest BCUT2D eigenvalue weighted by atomic mass is 32.2. The average molecular weight is 415 g/mol. The zero-order valence-corrected chi connectivity index (χ0v) is 18.5. The molecule has 1 amide bonds. The van der Waals surface area contributed by atoms with Crippen LogP contribution in [0.3, 0.4) is 0 Å². The van der Waals surface area contributed by atoms with Gasteiger partial charge in [0.05, 0.1) is 4.90 Å². The lowest BCUT2D eigenvalue weighted by Crippen LogP contribution is -2.43. The molecule has 0 atom stereocenters. The van der Waals surface area contributed by atoms with Crippen LogP contribution in [0.4, 0.5) is 0 Å². The molecule has 1 saturated heterocycles. The van der Waals surface area contributed by atoms with Crippen LogP contribution >= 0.6 is 0 Å². The monoisotopic (exact) mass is 414 g/mol. The van der Waals surface area contributed by atoms with Crippen molar-refractivity contribution in [2.24, 2.45) is 5.92 Å². The van der Waals surface area contributed by atoms with Crippen LogP contribution in [0.15, 0.2) is 41.3 Å². The highest BCUT2D eigenvalue weighted by molar-refractivity contribution is 7.89. The van der Waals surface area contributed by atoms with Crippen LogP contribution in [-0.2, 0) is 21.4 Å². The Morgan fingerprint density at radius 2 is 1.55 bits per heavy atom. The fraction of sp³-hybridized carbons (Fsp3) is 0.435. The fourth-order valence-corrected chi connectivity index (χ4v) is 6.03. The summed E-state index contributed by atoms with van der Waals surface area (Å²) in [4.78, 5) is 12.9. The van der Waals surface area contributed by atoms with Crippen molar-refractivity contribution in [3.8, 4) is 0 Å². The van der Waals surface area contributed by atoms with E-state index in [4.69, 9.17) is 0 Å². The van der Waals surface area contributed by atoms with Crippen LogP contribution in [-0.4, -0.2) is 31.7 Å². The SMILES string of the molecule is Cc1cc(C)c(C)c(S(=O)(=O)N2CCC(C(=O)NCc3ccccc3)CC2)c1C. The molecule has 1 aliphatic rings. The van der Waals surface area contributed by atoms with E-state index in [9.17, 15) is 13.2 Å². The van der Waals surface area contributed by atoms with E-state index in [1.807, 2.05) is 64.1 Å². The minimum atomic E-state index is -3.57. The molecule has 1 fully saturated rings. The molecule has 5 nitrogen and oxygen atoms in total. The molecular formula is C23H30N2O3S. The van der Waals surface area contributed by atoms with Crippen molar-refractivity contribution in [2.45, 2.75) is 52.0 Å². The third kappa shape index (κ3) is 4.54. The number of nitrogens with zero attached hydrogens (tertiary/aromatic N) is 1. The van der Waals surface area contributed by atoms with Crippen molar-refractivity contribution in [2.75, 3.05) is 13.1 Å². The summed E-state index contributed by atoms with van der Waals surface area (Å²) in [7, 11) is -3.57. The van der Waals surface area contributed by atoms with E-state index in [1.54, 1.807) is 4.31 Å². The van der Waals surface area contributed by atoms with Crippen LogP contribution in [0.2, 0.25) is 0 Å². The predicted molar refractivity (Wildman–Crippen MR) is 115 cm³/mol. The third-order valence-corrected chi connectivity index (χ3v) is 8.20. The van der Waals surface area contributed by atoms with E-state index in [0.29, 0.717) is 37.4 Å². The smallest absolute Gasteiger partial charge is 0.243 e. The maximum absolute atomic E-state index is 13.3. The van der Waals surface area contributed by atoms with Gasteiger partial charge in [-0.2, -0.15) is 4.31 Å². The fourth-order valence-electron chi connectivity index (χ4n) is 3.98. The highest BCUT2D eigenvalue weighted by Gasteiger charge is 2.34. The molecule has 0 bridgehead atoms. The van der Waals surface area contributed by atoms with Gasteiger partial charge in [0.1, 0.15) is 0 Å². The molecule has 0 unspecified atom stereocenters. The molecule has 1 aliphatic heterocycles. The number of hydrogen-bond acceptors (Lipinski definition) is 3. The maximum atomic E-state index is 13.3. The number of carbonyl (C=O) groups excluding carboxylic acids is 1. The van der Waals surface area contributed by atoms with E-state index in [2.05, 4.69) is 5.32 Å². The lowest BCUT2D eigenvalue weighted by molar-refractivity contribution is -0.126. The van der Waals surface area contributed by atoms with E-state index < -0.39 is 10.0 Å². The number of aryl methyl sites for hydroxylation is 2. The number of hydrogen-bond donors (Lipinski definition) is 1. The first-order chi connectivity index (χ1) is 13.7. The van der Waals surface area contributed by atoms with Crippen LogP contribution in [0, 0.1) is 33.6 Å². The number of nitrogens with one attached hydrogen (secondary N) is 1. The van der Waals surface area contributed by atoms with Crippen molar-refractivity contribution in [3.63, 3.8) is 0 Å². The summed E-state index contributed by atoms with van der Waals surface area (Å²) in [5, 5.41) is 2.98. The Morgan fingerprint density at radius 1 is 1.00 bits per heavy atom. The first-order valence-corrected chi connectivity index (χ1v) is 11.5. The first-order valence-electron chi connectivity index (χ1n) is 10.1. The van der Waals surface area contributed by atoms with E-state index in [-0.39, 0.29) is 11.8 Å². The zero-order valence-electron chi connectivity index (χ0n) is 17.7. The van der Waals surface area contributed by atoms with Crippen LogP contribution in [0.25, 0.3) is 0 Å². The molecule has 0 aromatic heterocycles. The minimum Gasteiger partial charge on any atom is -0.352 e. The van der Waals surface area contributed by atoms with Crippen molar-refractivity contribution in [1.82, 2.24) is 9.62 Å². The molecular weight excluding hydrogens is 384 g/mol. The summed E-state index contributed by atoms with van der Waals surface area (Å²) in [5.74, 6) is -0.142. The van der Waals surface area contributed by atoms with Gasteiger partial charge in [-0.25, -0.2) is 8.42 Å². The number of benzene rings is 2. The number of piperidine rings is 1. The standard InChI is InChI=1S/C23H30N2O3S/c1-16-14-17(2)19(4)22(18(16)3)29(27,28)25-12-10-21(11-13-25)23(26)24-15-20-8-6-5-7-9-20/h5-9,14,21H,10-13,15H2,1-4H3,(H,24,26). The molecule has 0 aliphatic carbocycles. The predicted octanol–water partition coefficient (Wildman–Crippen LogP) is 3.64. The molecule has 6 heteroatoms. The van der Waals surface area contributed by atoms with Gasteiger partial charge < -0.3 is 5.32 Å². The van der Waals surface area contributed by atoms with Crippen LogP contribution in [0.5, 0.6) is 0 Å². The molecule has 1 heterocycles. The summed E-state index contributed by atoms with van der Waals surface area (Å²) in [6.07, 6.45) is 1.09. The van der Waals surface area contributed by atoms with E-state index in [0.717, 1.165) is 27.8 Å². The van der Waals surface area contributed by atoms with Gasteiger partial charge in [0, 0.05) is 25.6 Å². The summed E-state index contributed by atoms with van der Waals surface area (Å²) in [6.45, 7) is 8.89. The Morgan fingerprint density at radius 3 is 2.10 bits per heavy atom. The molecule has 0 spiro atoms. The van der Waals surface area contributed by atoms with Gasteiger partial charge in [-0.05, 0) is 68.4 Å². The number of carbonyl (C=O) groups is 1. The summed E-state index contributed by atoms with van der Waals surface area (Å²) >= 11 is 0. The topological polar surface area (TPSA) is 66.5 Å². The largest absolute Gasteiger partial charge is 0.352 e. The van der Waals surface area contributed by atoms with Crippen molar-refractivity contribution < 1.29 is 13.2 Å².